The Bertz CT molecular complexity index is 356. The van der Waals surface area contributed by atoms with Crippen LogP contribution in [-0.2, 0) is 0 Å². The van der Waals surface area contributed by atoms with Gasteiger partial charge in [-0.05, 0) is 24.7 Å². The van der Waals surface area contributed by atoms with Crippen molar-refractivity contribution in [2.24, 2.45) is 11.8 Å². The first kappa shape index (κ1) is 12.1. The van der Waals surface area contributed by atoms with Crippen LogP contribution < -0.4 is 10.1 Å². The van der Waals surface area contributed by atoms with Crippen molar-refractivity contribution in [2.45, 2.75) is 32.6 Å². The standard InChI is InChI=1S/C13H21N3O/c1-10-4-3-5-11(6-10)8-14-12-7-13(17-2)16-9-15-12/h7,9-11H,3-6,8H2,1-2H3,(H,14,15,16). The van der Waals surface area contributed by atoms with Crippen molar-refractivity contribution in [2.75, 3.05) is 19.0 Å². The molecule has 0 bridgehead atoms. The first-order valence-corrected chi connectivity index (χ1v) is 6.38. The number of hydrogen-bond donors (Lipinski definition) is 1. The van der Waals surface area contributed by atoms with Crippen molar-refractivity contribution in [3.8, 4) is 5.88 Å². The highest BCUT2D eigenvalue weighted by Gasteiger charge is 2.18. The van der Waals surface area contributed by atoms with Gasteiger partial charge in [0.05, 0.1) is 7.11 Å². The van der Waals surface area contributed by atoms with Crippen LogP contribution in [0.3, 0.4) is 0 Å². The molecule has 2 unspecified atom stereocenters. The zero-order valence-electron chi connectivity index (χ0n) is 10.6. The second-order valence-corrected chi connectivity index (χ2v) is 4.96. The first-order valence-electron chi connectivity index (χ1n) is 6.38. The maximum absolute atomic E-state index is 5.07. The summed E-state index contributed by atoms with van der Waals surface area (Å²) in [6.07, 6.45) is 6.94. The van der Waals surface area contributed by atoms with Gasteiger partial charge in [0, 0.05) is 12.6 Å². The molecule has 94 valence electrons. The minimum absolute atomic E-state index is 0.611. The summed E-state index contributed by atoms with van der Waals surface area (Å²) in [5, 5.41) is 3.38. The molecule has 1 heterocycles. The van der Waals surface area contributed by atoms with E-state index in [-0.39, 0.29) is 0 Å². The number of nitrogens with zero attached hydrogens (tertiary/aromatic N) is 2. The average molecular weight is 235 g/mol. The van der Waals surface area contributed by atoms with Gasteiger partial charge in [-0.2, -0.15) is 0 Å². The van der Waals surface area contributed by atoms with Gasteiger partial charge in [0.25, 0.3) is 0 Å². The summed E-state index contributed by atoms with van der Waals surface area (Å²) in [6, 6.07) is 1.84. The number of methoxy groups -OCH3 is 1. The van der Waals surface area contributed by atoms with Crippen LogP contribution in [0.2, 0.25) is 0 Å². The van der Waals surface area contributed by atoms with Gasteiger partial charge < -0.3 is 10.1 Å². The van der Waals surface area contributed by atoms with Gasteiger partial charge in [-0.1, -0.05) is 19.8 Å². The molecule has 4 nitrogen and oxygen atoms in total. The van der Waals surface area contributed by atoms with Gasteiger partial charge in [-0.3, -0.25) is 0 Å². The second-order valence-electron chi connectivity index (χ2n) is 4.96. The smallest absolute Gasteiger partial charge is 0.218 e. The molecular formula is C13H21N3O. The topological polar surface area (TPSA) is 47.0 Å². The Kier molecular flexibility index (Phi) is 4.18. The number of nitrogens with one attached hydrogen (secondary N) is 1. The van der Waals surface area contributed by atoms with Gasteiger partial charge in [0.1, 0.15) is 12.1 Å². The Labute approximate surface area is 103 Å². The molecule has 2 rings (SSSR count). The van der Waals surface area contributed by atoms with E-state index >= 15 is 0 Å². The fourth-order valence-corrected chi connectivity index (χ4v) is 2.54. The van der Waals surface area contributed by atoms with Gasteiger partial charge >= 0.3 is 0 Å². The molecule has 2 atom stereocenters. The van der Waals surface area contributed by atoms with E-state index in [2.05, 4.69) is 22.2 Å². The molecule has 1 saturated carbocycles. The van der Waals surface area contributed by atoms with E-state index < -0.39 is 0 Å². The van der Waals surface area contributed by atoms with Crippen molar-refractivity contribution >= 4 is 5.82 Å². The van der Waals surface area contributed by atoms with E-state index in [4.69, 9.17) is 4.74 Å². The van der Waals surface area contributed by atoms with E-state index in [1.807, 2.05) is 6.07 Å². The molecule has 1 fully saturated rings. The Hall–Kier alpha value is -1.32. The number of hydrogen-bond acceptors (Lipinski definition) is 4. The molecular weight excluding hydrogens is 214 g/mol. The number of anilines is 1. The molecule has 1 aliphatic carbocycles. The van der Waals surface area contributed by atoms with Crippen LogP contribution in [-0.4, -0.2) is 23.6 Å². The lowest BCUT2D eigenvalue weighted by molar-refractivity contribution is 0.293. The van der Waals surface area contributed by atoms with Crippen LogP contribution in [0.4, 0.5) is 5.82 Å². The zero-order valence-corrected chi connectivity index (χ0v) is 10.6. The Morgan fingerprint density at radius 3 is 3.06 bits per heavy atom. The molecule has 1 N–H and O–H groups in total. The molecule has 0 radical (unpaired) electrons. The Balaban J connectivity index is 1.84. The van der Waals surface area contributed by atoms with Crippen LogP contribution >= 0.6 is 0 Å². The third-order valence-electron chi connectivity index (χ3n) is 3.47. The maximum atomic E-state index is 5.07. The molecule has 17 heavy (non-hydrogen) atoms. The van der Waals surface area contributed by atoms with Crippen LogP contribution in [0.5, 0.6) is 5.88 Å². The largest absolute Gasteiger partial charge is 0.481 e. The fourth-order valence-electron chi connectivity index (χ4n) is 2.54. The third kappa shape index (κ3) is 3.58. The molecule has 0 spiro atoms. The normalized spacial score (nSPS) is 24.4. The minimum Gasteiger partial charge on any atom is -0.481 e. The van der Waals surface area contributed by atoms with Crippen molar-refractivity contribution in [1.82, 2.24) is 9.97 Å². The molecule has 0 aliphatic heterocycles. The predicted molar refractivity (Wildman–Crippen MR) is 68.2 cm³/mol. The van der Waals surface area contributed by atoms with E-state index in [1.165, 1.54) is 32.0 Å². The summed E-state index contributed by atoms with van der Waals surface area (Å²) in [7, 11) is 1.62. The molecule has 0 saturated heterocycles. The van der Waals surface area contributed by atoms with Gasteiger partial charge in [-0.25, -0.2) is 9.97 Å². The van der Waals surface area contributed by atoms with Crippen LogP contribution in [0, 0.1) is 11.8 Å². The van der Waals surface area contributed by atoms with Crippen molar-refractivity contribution in [3.63, 3.8) is 0 Å². The number of ether oxygens (including phenoxy) is 1. The van der Waals surface area contributed by atoms with Crippen LogP contribution in [0.1, 0.15) is 32.6 Å². The predicted octanol–water partition coefficient (Wildman–Crippen LogP) is 2.72. The summed E-state index contributed by atoms with van der Waals surface area (Å²) in [6.45, 7) is 3.35. The number of aromatic nitrogens is 2. The van der Waals surface area contributed by atoms with E-state index in [1.54, 1.807) is 7.11 Å². The van der Waals surface area contributed by atoms with Gasteiger partial charge in [-0.15, -0.1) is 0 Å². The Morgan fingerprint density at radius 2 is 2.29 bits per heavy atom. The third-order valence-corrected chi connectivity index (χ3v) is 3.47. The average Bonchev–Trinajstić information content (AvgIpc) is 2.37. The molecule has 0 amide bonds. The van der Waals surface area contributed by atoms with Crippen LogP contribution in [0.25, 0.3) is 0 Å². The van der Waals surface area contributed by atoms with E-state index in [9.17, 15) is 0 Å². The lowest BCUT2D eigenvalue weighted by Gasteiger charge is -2.26. The van der Waals surface area contributed by atoms with E-state index in [0.717, 1.165) is 24.2 Å². The highest BCUT2D eigenvalue weighted by atomic mass is 16.5. The molecule has 0 aromatic carbocycles. The Morgan fingerprint density at radius 1 is 1.41 bits per heavy atom. The molecule has 1 aromatic rings. The van der Waals surface area contributed by atoms with E-state index in [0.29, 0.717) is 5.88 Å². The molecule has 4 heteroatoms. The SMILES string of the molecule is COc1cc(NCC2CCCC(C)C2)ncn1. The second kappa shape index (κ2) is 5.84. The van der Waals surface area contributed by atoms with Gasteiger partial charge in [0.2, 0.25) is 5.88 Å². The zero-order chi connectivity index (χ0) is 12.1. The maximum Gasteiger partial charge on any atom is 0.218 e. The fraction of sp³-hybridized carbons (Fsp3) is 0.692. The molecule has 1 aliphatic rings. The molecule has 1 aromatic heterocycles. The van der Waals surface area contributed by atoms with Crippen LogP contribution in [0.15, 0.2) is 12.4 Å². The van der Waals surface area contributed by atoms with Crippen molar-refractivity contribution < 1.29 is 4.74 Å². The van der Waals surface area contributed by atoms with Crippen molar-refractivity contribution in [1.29, 1.82) is 0 Å². The highest BCUT2D eigenvalue weighted by Crippen LogP contribution is 2.28. The summed E-state index contributed by atoms with van der Waals surface area (Å²) in [5.74, 6) is 3.12. The quantitative estimate of drug-likeness (QED) is 0.871. The number of rotatable bonds is 4. The van der Waals surface area contributed by atoms with Gasteiger partial charge in [0.15, 0.2) is 0 Å². The monoisotopic (exact) mass is 235 g/mol. The minimum atomic E-state index is 0.611. The van der Waals surface area contributed by atoms with Crippen molar-refractivity contribution in [3.05, 3.63) is 12.4 Å². The highest BCUT2D eigenvalue weighted by molar-refractivity contribution is 5.36. The summed E-state index contributed by atoms with van der Waals surface area (Å²) < 4.78 is 5.07. The first-order chi connectivity index (χ1) is 8.28. The summed E-state index contributed by atoms with van der Waals surface area (Å²) in [5.41, 5.74) is 0. The lowest BCUT2D eigenvalue weighted by Crippen LogP contribution is -2.21. The summed E-state index contributed by atoms with van der Waals surface area (Å²) >= 11 is 0. The lowest BCUT2D eigenvalue weighted by atomic mass is 9.82. The summed E-state index contributed by atoms with van der Waals surface area (Å²) in [4.78, 5) is 8.18.